The highest BCUT2D eigenvalue weighted by atomic mass is 32.1. The molecule has 1 aliphatic rings. The predicted octanol–water partition coefficient (Wildman–Crippen LogP) is 2.01. The number of amides is 2. The number of carbonyl (C=O) groups excluding carboxylic acids is 2. The highest BCUT2D eigenvalue weighted by Gasteiger charge is 2.35. The molecule has 3 atom stereocenters. The third-order valence-electron chi connectivity index (χ3n) is 4.76. The Kier molecular flexibility index (Phi) is 6.05. The van der Waals surface area contributed by atoms with Gasteiger partial charge in [0.1, 0.15) is 5.69 Å². The normalized spacial score (nSPS) is 22.8. The zero-order chi connectivity index (χ0) is 18.5. The number of thiophene rings is 1. The summed E-state index contributed by atoms with van der Waals surface area (Å²) in [7, 11) is 1.62. The maximum Gasteiger partial charge on any atom is 0.269 e. The molecule has 140 valence electrons. The van der Waals surface area contributed by atoms with Crippen LogP contribution in [0.3, 0.4) is 0 Å². The van der Waals surface area contributed by atoms with Crippen LogP contribution >= 0.6 is 11.3 Å². The number of nitrogens with zero attached hydrogens (tertiary/aromatic N) is 1. The molecule has 2 heterocycles. The number of rotatable bonds is 6. The summed E-state index contributed by atoms with van der Waals surface area (Å²) < 4.78 is 5.55. The molecule has 3 N–H and O–H groups in total. The first-order valence-electron chi connectivity index (χ1n) is 8.72. The number of imidazole rings is 1. The van der Waals surface area contributed by atoms with Crippen LogP contribution in [0.1, 0.15) is 39.5 Å². The number of methoxy groups -OCH3 is 1. The molecule has 2 aromatic rings. The molecule has 0 spiro atoms. The lowest BCUT2D eigenvalue weighted by Gasteiger charge is -2.35. The van der Waals surface area contributed by atoms with Crippen LogP contribution < -0.4 is 10.6 Å². The Morgan fingerprint density at radius 2 is 2.23 bits per heavy atom. The van der Waals surface area contributed by atoms with E-state index in [0.717, 1.165) is 11.3 Å². The Morgan fingerprint density at radius 1 is 1.38 bits per heavy atom. The summed E-state index contributed by atoms with van der Waals surface area (Å²) in [4.78, 5) is 33.7. The van der Waals surface area contributed by atoms with E-state index in [2.05, 4.69) is 33.6 Å². The number of aromatic amines is 1. The molecule has 0 aromatic carbocycles. The number of ether oxygens (including phenoxy) is 1. The van der Waals surface area contributed by atoms with Gasteiger partial charge in [0.15, 0.2) is 0 Å². The highest BCUT2D eigenvalue weighted by molar-refractivity contribution is 7.11. The molecule has 3 rings (SSSR count). The molecule has 2 aromatic heterocycles. The number of nitrogens with one attached hydrogen (secondary N) is 3. The van der Waals surface area contributed by atoms with E-state index in [0.29, 0.717) is 25.1 Å². The van der Waals surface area contributed by atoms with Crippen molar-refractivity contribution in [2.45, 2.75) is 44.9 Å². The van der Waals surface area contributed by atoms with Crippen molar-refractivity contribution in [3.63, 3.8) is 0 Å². The second-order valence-corrected chi connectivity index (χ2v) is 7.93. The van der Waals surface area contributed by atoms with Gasteiger partial charge in [-0.3, -0.25) is 9.59 Å². The summed E-state index contributed by atoms with van der Waals surface area (Å²) in [5.41, 5.74) is 0.422. The lowest BCUT2D eigenvalue weighted by Crippen LogP contribution is -2.49. The Bertz CT molecular complexity index is 743. The predicted molar refractivity (Wildman–Crippen MR) is 98.9 cm³/mol. The second-order valence-electron chi connectivity index (χ2n) is 6.56. The van der Waals surface area contributed by atoms with Gasteiger partial charge >= 0.3 is 0 Å². The van der Waals surface area contributed by atoms with E-state index in [4.69, 9.17) is 4.74 Å². The number of aromatic nitrogens is 2. The minimum atomic E-state index is -0.203. The largest absolute Gasteiger partial charge is 0.379 e. The maximum atomic E-state index is 12.5. The fraction of sp³-hybridized carbons (Fsp3) is 0.500. The van der Waals surface area contributed by atoms with E-state index >= 15 is 0 Å². The van der Waals surface area contributed by atoms with Crippen LogP contribution in [0.5, 0.6) is 0 Å². The van der Waals surface area contributed by atoms with Crippen LogP contribution in [-0.2, 0) is 16.1 Å². The first-order chi connectivity index (χ1) is 12.6. The molecular weight excluding hydrogens is 352 g/mol. The average molecular weight is 376 g/mol. The van der Waals surface area contributed by atoms with Crippen molar-refractivity contribution < 1.29 is 14.3 Å². The maximum absolute atomic E-state index is 12.5. The molecule has 0 saturated heterocycles. The summed E-state index contributed by atoms with van der Waals surface area (Å²) in [6.45, 7) is 2.61. The Morgan fingerprint density at radius 3 is 2.88 bits per heavy atom. The molecule has 0 radical (unpaired) electrons. The van der Waals surface area contributed by atoms with Gasteiger partial charge in [0, 0.05) is 22.8 Å². The molecule has 0 aliphatic heterocycles. The third-order valence-corrected chi connectivity index (χ3v) is 5.76. The van der Waals surface area contributed by atoms with Gasteiger partial charge in [0.05, 0.1) is 31.2 Å². The topological polar surface area (TPSA) is 96.1 Å². The molecule has 26 heavy (non-hydrogen) atoms. The zero-order valence-corrected chi connectivity index (χ0v) is 15.8. The van der Waals surface area contributed by atoms with Gasteiger partial charge in [-0.2, -0.15) is 0 Å². The second kappa shape index (κ2) is 8.46. The number of aryl methyl sites for hydroxylation is 1. The molecule has 7 nitrogen and oxygen atoms in total. The summed E-state index contributed by atoms with van der Waals surface area (Å²) in [6, 6.07) is 3.99. The fourth-order valence-corrected chi connectivity index (χ4v) is 4.15. The minimum Gasteiger partial charge on any atom is -0.379 e. The molecule has 0 bridgehead atoms. The summed E-state index contributed by atoms with van der Waals surface area (Å²) in [5.74, 6) is -0.247. The highest BCUT2D eigenvalue weighted by Crippen LogP contribution is 2.27. The van der Waals surface area contributed by atoms with Crippen LogP contribution in [0.15, 0.2) is 24.7 Å². The molecular formula is C18H24N4O3S. The first-order valence-corrected chi connectivity index (χ1v) is 9.53. The van der Waals surface area contributed by atoms with Crippen molar-refractivity contribution in [3.05, 3.63) is 40.1 Å². The lowest BCUT2D eigenvalue weighted by atomic mass is 9.83. The van der Waals surface area contributed by atoms with E-state index in [-0.39, 0.29) is 29.9 Å². The number of H-pyrrole nitrogens is 1. The van der Waals surface area contributed by atoms with Gasteiger partial charge in [-0.1, -0.05) is 0 Å². The minimum absolute atomic E-state index is 0.0523. The average Bonchev–Trinajstić information content (AvgIpc) is 3.31. The Hall–Kier alpha value is -2.19. The van der Waals surface area contributed by atoms with E-state index in [1.165, 1.54) is 17.4 Å². The van der Waals surface area contributed by atoms with Gasteiger partial charge in [-0.15, -0.1) is 11.3 Å². The van der Waals surface area contributed by atoms with Crippen molar-refractivity contribution in [2.75, 3.05) is 7.11 Å². The van der Waals surface area contributed by atoms with E-state index in [1.807, 2.05) is 6.07 Å². The van der Waals surface area contributed by atoms with Gasteiger partial charge in [0.25, 0.3) is 5.91 Å². The monoisotopic (exact) mass is 376 g/mol. The molecule has 2 amide bonds. The van der Waals surface area contributed by atoms with E-state index < -0.39 is 0 Å². The number of carbonyl (C=O) groups is 2. The quantitative estimate of drug-likeness (QED) is 0.719. The van der Waals surface area contributed by atoms with Crippen molar-refractivity contribution in [2.24, 2.45) is 5.92 Å². The molecule has 1 saturated carbocycles. The van der Waals surface area contributed by atoms with Crippen LogP contribution in [0, 0.1) is 12.8 Å². The lowest BCUT2D eigenvalue weighted by molar-refractivity contribution is -0.128. The van der Waals surface area contributed by atoms with Gasteiger partial charge in [0.2, 0.25) is 5.91 Å². The smallest absolute Gasteiger partial charge is 0.269 e. The summed E-state index contributed by atoms with van der Waals surface area (Å²) in [5, 5.41) is 6.00. The SMILES string of the molecule is CO[C@H]1C[C@@H](C(=O)NCc2ccc(C)s2)CC[C@@H]1NC(=O)c1cnc[nH]1. The zero-order valence-electron chi connectivity index (χ0n) is 15.0. The van der Waals surface area contributed by atoms with Gasteiger partial charge in [-0.25, -0.2) is 4.98 Å². The van der Waals surface area contributed by atoms with Crippen LogP contribution in [-0.4, -0.2) is 41.0 Å². The van der Waals surface area contributed by atoms with Crippen molar-refractivity contribution >= 4 is 23.2 Å². The summed E-state index contributed by atoms with van der Waals surface area (Å²) in [6.07, 6.45) is 4.80. The number of hydrogen-bond acceptors (Lipinski definition) is 5. The van der Waals surface area contributed by atoms with Crippen LogP contribution in [0.2, 0.25) is 0 Å². The first kappa shape index (κ1) is 18.6. The van der Waals surface area contributed by atoms with Crippen molar-refractivity contribution in [1.82, 2.24) is 20.6 Å². The third kappa shape index (κ3) is 4.50. The van der Waals surface area contributed by atoms with E-state index in [9.17, 15) is 9.59 Å². The molecule has 1 fully saturated rings. The van der Waals surface area contributed by atoms with Gasteiger partial charge < -0.3 is 20.4 Å². The standard InChI is InChI=1S/C18H24N4O3S/c1-11-3-5-13(26-11)8-20-17(23)12-4-6-14(16(7-12)25-2)22-18(24)15-9-19-10-21-15/h3,5,9-10,12,14,16H,4,6-8H2,1-2H3,(H,19,21)(H,20,23)(H,22,24)/t12-,14-,16-/m0/s1. The van der Waals surface area contributed by atoms with Crippen molar-refractivity contribution in [3.8, 4) is 0 Å². The molecule has 8 heteroatoms. The van der Waals surface area contributed by atoms with Crippen molar-refractivity contribution in [1.29, 1.82) is 0 Å². The Balaban J connectivity index is 1.51. The molecule has 0 unspecified atom stereocenters. The molecule has 1 aliphatic carbocycles. The summed E-state index contributed by atoms with van der Waals surface area (Å²) >= 11 is 1.69. The van der Waals surface area contributed by atoms with E-state index in [1.54, 1.807) is 18.4 Å². The van der Waals surface area contributed by atoms with Crippen LogP contribution in [0.25, 0.3) is 0 Å². The number of hydrogen-bond donors (Lipinski definition) is 3. The fourth-order valence-electron chi connectivity index (χ4n) is 3.32. The Labute approximate surface area is 156 Å². The van der Waals surface area contributed by atoms with Crippen LogP contribution in [0.4, 0.5) is 0 Å². The van der Waals surface area contributed by atoms with Gasteiger partial charge in [-0.05, 0) is 38.3 Å².